The highest BCUT2D eigenvalue weighted by Crippen LogP contribution is 2.21. The quantitative estimate of drug-likeness (QED) is 0.244. The smallest absolute Gasteiger partial charge is 0.336 e. The van der Waals surface area contributed by atoms with Crippen molar-refractivity contribution in [3.8, 4) is 17.2 Å². The molecule has 8 nitrogen and oxygen atoms in total. The second-order valence-electron chi connectivity index (χ2n) is 7.08. The van der Waals surface area contributed by atoms with E-state index in [1.807, 2.05) is 48.9 Å². The minimum Gasteiger partial charge on any atom is -0.484 e. The number of aromatic nitrogens is 4. The Bertz CT molecular complexity index is 1240. The van der Waals surface area contributed by atoms with Crippen LogP contribution in [0.15, 0.2) is 65.2 Å². The van der Waals surface area contributed by atoms with Crippen molar-refractivity contribution in [2.45, 2.75) is 27.4 Å². The minimum atomic E-state index is -0.480. The average molecular weight is 430 g/mol. The van der Waals surface area contributed by atoms with Crippen molar-refractivity contribution < 1.29 is 18.8 Å². The molecule has 0 amide bonds. The van der Waals surface area contributed by atoms with Gasteiger partial charge in [0.1, 0.15) is 11.5 Å². The van der Waals surface area contributed by atoms with E-state index in [0.29, 0.717) is 23.2 Å². The first-order valence-electron chi connectivity index (χ1n) is 10.0. The lowest BCUT2D eigenvalue weighted by Crippen LogP contribution is -2.04. The van der Waals surface area contributed by atoms with Gasteiger partial charge in [0.15, 0.2) is 12.4 Å². The number of hydrogen-bond acceptors (Lipinski definition) is 7. The van der Waals surface area contributed by atoms with E-state index in [9.17, 15) is 4.79 Å². The van der Waals surface area contributed by atoms with E-state index in [1.54, 1.807) is 37.3 Å². The summed E-state index contributed by atoms with van der Waals surface area (Å²) in [5.74, 6) is 1.47. The highest BCUT2D eigenvalue weighted by atomic mass is 16.5. The van der Waals surface area contributed by atoms with Gasteiger partial charge in [-0.25, -0.2) is 9.48 Å². The first kappa shape index (κ1) is 21.0. The summed E-state index contributed by atoms with van der Waals surface area (Å²) in [5, 5.41) is 8.28. The number of rotatable bonds is 7. The van der Waals surface area contributed by atoms with Gasteiger partial charge in [0, 0.05) is 17.3 Å². The summed E-state index contributed by atoms with van der Waals surface area (Å²) in [7, 11) is 0. The lowest BCUT2D eigenvalue weighted by atomic mass is 10.2. The Hall–Kier alpha value is -4.20. The number of para-hydroxylation sites is 1. The zero-order valence-electron chi connectivity index (χ0n) is 18.0. The summed E-state index contributed by atoms with van der Waals surface area (Å²) in [4.78, 5) is 16.4. The Kier molecular flexibility index (Phi) is 6.12. The Balaban J connectivity index is 1.37. The highest BCUT2D eigenvalue weighted by molar-refractivity contribution is 5.89. The molecule has 0 spiro atoms. The normalized spacial score (nSPS) is 11.1. The number of aryl methyl sites for hydroxylation is 2. The molecule has 0 saturated carbocycles. The number of carbonyl (C=O) groups excluding carboxylic acids is 1. The van der Waals surface area contributed by atoms with E-state index >= 15 is 0 Å². The average Bonchev–Trinajstić information content (AvgIpc) is 3.34. The zero-order valence-corrected chi connectivity index (χ0v) is 18.0. The van der Waals surface area contributed by atoms with Gasteiger partial charge in [-0.15, -0.1) is 0 Å². The molecule has 162 valence electrons. The van der Waals surface area contributed by atoms with E-state index in [0.717, 1.165) is 22.6 Å². The SMILES string of the molecule is Cc1noc(COc2ccc(OC(=O)C=Cc3c(C)nn(-c4ccccc4)c3C)cc2)n1. The van der Waals surface area contributed by atoms with Gasteiger partial charge in [0.2, 0.25) is 0 Å². The first-order chi connectivity index (χ1) is 15.5. The molecule has 0 N–H and O–H groups in total. The summed E-state index contributed by atoms with van der Waals surface area (Å²) in [6.07, 6.45) is 3.12. The van der Waals surface area contributed by atoms with Crippen molar-refractivity contribution in [3.05, 3.63) is 89.3 Å². The van der Waals surface area contributed by atoms with Gasteiger partial charge in [-0.1, -0.05) is 23.4 Å². The van der Waals surface area contributed by atoms with Gasteiger partial charge in [-0.3, -0.25) is 0 Å². The van der Waals surface area contributed by atoms with Crippen LogP contribution < -0.4 is 9.47 Å². The number of carbonyl (C=O) groups is 1. The van der Waals surface area contributed by atoms with Crippen molar-refractivity contribution in [2.75, 3.05) is 0 Å². The Morgan fingerprint density at radius 2 is 1.75 bits per heavy atom. The molecular weight excluding hydrogens is 408 g/mol. The molecule has 0 bridgehead atoms. The minimum absolute atomic E-state index is 0.165. The number of nitrogens with zero attached hydrogens (tertiary/aromatic N) is 4. The van der Waals surface area contributed by atoms with Crippen LogP contribution in [-0.2, 0) is 11.4 Å². The monoisotopic (exact) mass is 430 g/mol. The molecule has 4 aromatic rings. The van der Waals surface area contributed by atoms with Gasteiger partial charge in [-0.2, -0.15) is 10.1 Å². The maximum atomic E-state index is 12.3. The molecule has 0 aliphatic carbocycles. The van der Waals surface area contributed by atoms with E-state index < -0.39 is 5.97 Å². The summed E-state index contributed by atoms with van der Waals surface area (Å²) in [5.41, 5.74) is 3.61. The summed E-state index contributed by atoms with van der Waals surface area (Å²) < 4.78 is 17.8. The molecule has 2 aromatic heterocycles. The highest BCUT2D eigenvalue weighted by Gasteiger charge is 2.11. The van der Waals surface area contributed by atoms with E-state index in [-0.39, 0.29) is 6.61 Å². The predicted octanol–water partition coefficient (Wildman–Crippen LogP) is 4.38. The molecule has 0 aliphatic heterocycles. The number of esters is 1. The van der Waals surface area contributed by atoms with Crippen molar-refractivity contribution in [1.29, 1.82) is 0 Å². The van der Waals surface area contributed by atoms with Crippen LogP contribution in [0.4, 0.5) is 0 Å². The Morgan fingerprint density at radius 1 is 1.03 bits per heavy atom. The predicted molar refractivity (Wildman–Crippen MR) is 118 cm³/mol. The van der Waals surface area contributed by atoms with Crippen molar-refractivity contribution >= 4 is 12.0 Å². The molecule has 2 aromatic carbocycles. The molecule has 2 heterocycles. The van der Waals surface area contributed by atoms with Crippen LogP contribution in [0.25, 0.3) is 11.8 Å². The maximum Gasteiger partial charge on any atom is 0.336 e. The van der Waals surface area contributed by atoms with Crippen LogP contribution in [-0.4, -0.2) is 25.9 Å². The molecule has 0 atom stereocenters. The topological polar surface area (TPSA) is 92.3 Å². The number of hydrogen-bond donors (Lipinski definition) is 0. The number of ether oxygens (including phenoxy) is 2. The van der Waals surface area contributed by atoms with Crippen molar-refractivity contribution in [3.63, 3.8) is 0 Å². The zero-order chi connectivity index (χ0) is 22.5. The third kappa shape index (κ3) is 4.92. The number of benzene rings is 2. The molecule has 32 heavy (non-hydrogen) atoms. The van der Waals surface area contributed by atoms with Crippen LogP contribution in [0.2, 0.25) is 0 Å². The molecule has 0 fully saturated rings. The first-order valence-corrected chi connectivity index (χ1v) is 10.0. The second kappa shape index (κ2) is 9.30. The van der Waals surface area contributed by atoms with Crippen molar-refractivity contribution in [2.24, 2.45) is 0 Å². The van der Waals surface area contributed by atoms with Gasteiger partial charge in [0.05, 0.1) is 11.4 Å². The molecule has 0 radical (unpaired) electrons. The third-order valence-corrected chi connectivity index (χ3v) is 4.71. The fourth-order valence-corrected chi connectivity index (χ4v) is 3.17. The summed E-state index contributed by atoms with van der Waals surface area (Å²) in [6.45, 7) is 5.78. The van der Waals surface area contributed by atoms with Crippen LogP contribution >= 0.6 is 0 Å². The van der Waals surface area contributed by atoms with Gasteiger partial charge < -0.3 is 14.0 Å². The molecule has 0 saturated heterocycles. The third-order valence-electron chi connectivity index (χ3n) is 4.71. The standard InChI is InChI=1S/C24H22N4O4/c1-16-22(17(2)28(26-16)19-7-5-4-6-8-19)13-14-24(29)31-21-11-9-20(10-12-21)30-15-23-25-18(3)27-32-23/h4-14H,15H2,1-3H3. The lowest BCUT2D eigenvalue weighted by Gasteiger charge is -2.05. The fraction of sp³-hybridized carbons (Fsp3) is 0.167. The molecular formula is C24H22N4O4. The van der Waals surface area contributed by atoms with Crippen LogP contribution in [0.1, 0.15) is 28.7 Å². The van der Waals surface area contributed by atoms with E-state index in [2.05, 4.69) is 15.2 Å². The fourth-order valence-electron chi connectivity index (χ4n) is 3.17. The van der Waals surface area contributed by atoms with Crippen LogP contribution in [0.5, 0.6) is 11.5 Å². The van der Waals surface area contributed by atoms with Gasteiger partial charge >= 0.3 is 5.97 Å². The Labute approximate surface area is 185 Å². The lowest BCUT2D eigenvalue weighted by molar-refractivity contribution is -0.128. The van der Waals surface area contributed by atoms with Gasteiger partial charge in [0.25, 0.3) is 5.89 Å². The van der Waals surface area contributed by atoms with E-state index in [1.165, 1.54) is 6.08 Å². The van der Waals surface area contributed by atoms with Crippen molar-refractivity contribution in [1.82, 2.24) is 19.9 Å². The molecule has 0 aliphatic rings. The molecule has 8 heteroatoms. The van der Waals surface area contributed by atoms with Crippen LogP contribution in [0.3, 0.4) is 0 Å². The maximum absolute atomic E-state index is 12.3. The second-order valence-corrected chi connectivity index (χ2v) is 7.08. The summed E-state index contributed by atoms with van der Waals surface area (Å²) in [6, 6.07) is 16.6. The van der Waals surface area contributed by atoms with Crippen LogP contribution in [0, 0.1) is 20.8 Å². The van der Waals surface area contributed by atoms with Gasteiger partial charge in [-0.05, 0) is 63.2 Å². The molecule has 0 unspecified atom stereocenters. The van der Waals surface area contributed by atoms with E-state index in [4.69, 9.17) is 14.0 Å². The largest absolute Gasteiger partial charge is 0.484 e. The Morgan fingerprint density at radius 3 is 2.44 bits per heavy atom. The summed E-state index contributed by atoms with van der Waals surface area (Å²) >= 11 is 0. The molecule has 4 rings (SSSR count).